The average Bonchev–Trinajstić information content (AvgIpc) is 2.04. The minimum absolute atomic E-state index is 0.125. The number of nitrogens with two attached hydrogens (primary N) is 1. The minimum Gasteiger partial charge on any atom is -0.506 e. The molecule has 1 unspecified atom stereocenters. The van der Waals surface area contributed by atoms with E-state index in [4.69, 9.17) is 5.73 Å². The van der Waals surface area contributed by atoms with E-state index in [2.05, 4.69) is 4.98 Å². The van der Waals surface area contributed by atoms with Gasteiger partial charge < -0.3 is 10.8 Å². The van der Waals surface area contributed by atoms with Crippen molar-refractivity contribution in [3.63, 3.8) is 0 Å². The SMILES string of the molecule is CC(N)C(=O)c1ccncc1O. The Morgan fingerprint density at radius 3 is 2.92 bits per heavy atom. The Balaban J connectivity index is 3.03. The number of nitrogens with zero attached hydrogens (tertiary/aromatic N) is 1. The van der Waals surface area contributed by atoms with Gasteiger partial charge >= 0.3 is 0 Å². The second-order valence-corrected chi connectivity index (χ2v) is 2.55. The van der Waals surface area contributed by atoms with Crippen molar-refractivity contribution in [2.75, 3.05) is 0 Å². The highest BCUT2D eigenvalue weighted by Crippen LogP contribution is 2.15. The topological polar surface area (TPSA) is 76.2 Å². The van der Waals surface area contributed by atoms with Gasteiger partial charge in [-0.1, -0.05) is 0 Å². The van der Waals surface area contributed by atoms with Crippen LogP contribution >= 0.6 is 0 Å². The summed E-state index contributed by atoms with van der Waals surface area (Å²) in [5.41, 5.74) is 5.58. The first kappa shape index (κ1) is 8.67. The lowest BCUT2D eigenvalue weighted by atomic mass is 10.1. The molecule has 4 heteroatoms. The molecule has 0 saturated carbocycles. The molecule has 0 spiro atoms. The molecule has 4 nitrogen and oxygen atoms in total. The van der Waals surface area contributed by atoms with Crippen LogP contribution in [-0.2, 0) is 0 Å². The Hall–Kier alpha value is -1.42. The molecule has 12 heavy (non-hydrogen) atoms. The van der Waals surface area contributed by atoms with Crippen LogP contribution < -0.4 is 5.73 Å². The molecule has 0 bridgehead atoms. The van der Waals surface area contributed by atoms with Crippen LogP contribution in [0.5, 0.6) is 5.75 Å². The number of hydrogen-bond acceptors (Lipinski definition) is 4. The molecule has 0 aliphatic carbocycles. The number of ketones is 1. The normalized spacial score (nSPS) is 12.5. The van der Waals surface area contributed by atoms with Crippen molar-refractivity contribution in [3.8, 4) is 5.75 Å². The zero-order valence-corrected chi connectivity index (χ0v) is 6.69. The summed E-state index contributed by atoms with van der Waals surface area (Å²) in [6.07, 6.45) is 2.66. The van der Waals surface area contributed by atoms with Crippen LogP contribution in [0, 0.1) is 0 Å². The molecule has 0 aromatic carbocycles. The molecule has 0 aliphatic heterocycles. The number of hydrogen-bond donors (Lipinski definition) is 2. The molecular formula is C8H10N2O2. The second kappa shape index (κ2) is 3.32. The highest BCUT2D eigenvalue weighted by molar-refractivity contribution is 6.01. The predicted molar refractivity (Wildman–Crippen MR) is 43.9 cm³/mol. The number of carbonyl (C=O) groups excluding carboxylic acids is 1. The van der Waals surface area contributed by atoms with Crippen molar-refractivity contribution in [3.05, 3.63) is 24.0 Å². The van der Waals surface area contributed by atoms with E-state index in [9.17, 15) is 9.90 Å². The van der Waals surface area contributed by atoms with E-state index in [1.54, 1.807) is 6.92 Å². The van der Waals surface area contributed by atoms with Crippen molar-refractivity contribution in [1.29, 1.82) is 0 Å². The van der Waals surface area contributed by atoms with Crippen molar-refractivity contribution in [2.24, 2.45) is 5.73 Å². The fourth-order valence-corrected chi connectivity index (χ4v) is 0.840. The Kier molecular flexibility index (Phi) is 2.40. The second-order valence-electron chi connectivity index (χ2n) is 2.55. The molecule has 1 heterocycles. The van der Waals surface area contributed by atoms with Gasteiger partial charge in [-0.15, -0.1) is 0 Å². The largest absolute Gasteiger partial charge is 0.506 e. The fraction of sp³-hybridized carbons (Fsp3) is 0.250. The monoisotopic (exact) mass is 166 g/mol. The molecular weight excluding hydrogens is 156 g/mol. The van der Waals surface area contributed by atoms with Gasteiger partial charge in [-0.3, -0.25) is 9.78 Å². The maximum atomic E-state index is 11.3. The van der Waals surface area contributed by atoms with Crippen LogP contribution in [0.25, 0.3) is 0 Å². The molecule has 1 aromatic rings. The van der Waals surface area contributed by atoms with E-state index in [0.717, 1.165) is 0 Å². The molecule has 0 fully saturated rings. The van der Waals surface area contributed by atoms with Gasteiger partial charge in [-0.25, -0.2) is 0 Å². The van der Waals surface area contributed by atoms with Gasteiger partial charge in [0.05, 0.1) is 17.8 Å². The lowest BCUT2D eigenvalue weighted by Gasteiger charge is -2.04. The van der Waals surface area contributed by atoms with Gasteiger partial charge in [0.2, 0.25) is 0 Å². The van der Waals surface area contributed by atoms with Crippen LogP contribution in [0.1, 0.15) is 17.3 Å². The summed E-state index contributed by atoms with van der Waals surface area (Å²) in [7, 11) is 0. The molecule has 1 atom stereocenters. The van der Waals surface area contributed by atoms with Crippen LogP contribution in [0.4, 0.5) is 0 Å². The van der Waals surface area contributed by atoms with E-state index < -0.39 is 6.04 Å². The standard InChI is InChI=1S/C8H10N2O2/c1-5(9)8(12)6-2-3-10-4-7(6)11/h2-5,11H,9H2,1H3. The van der Waals surface area contributed by atoms with Crippen LogP contribution in [0.2, 0.25) is 0 Å². The number of pyridine rings is 1. The lowest BCUT2D eigenvalue weighted by Crippen LogP contribution is -2.26. The van der Waals surface area contributed by atoms with E-state index in [1.165, 1.54) is 18.5 Å². The van der Waals surface area contributed by atoms with Gasteiger partial charge in [0, 0.05) is 6.20 Å². The maximum absolute atomic E-state index is 11.3. The predicted octanol–water partition coefficient (Wildman–Crippen LogP) is 0.317. The number of rotatable bonds is 2. The van der Waals surface area contributed by atoms with Crippen LogP contribution in [0.3, 0.4) is 0 Å². The lowest BCUT2D eigenvalue weighted by molar-refractivity contribution is 0.0965. The quantitative estimate of drug-likeness (QED) is 0.620. The number of carbonyl (C=O) groups is 1. The van der Waals surface area contributed by atoms with Gasteiger partial charge in [0.15, 0.2) is 5.78 Å². The summed E-state index contributed by atoms with van der Waals surface area (Å²) >= 11 is 0. The third kappa shape index (κ3) is 1.60. The first-order valence-corrected chi connectivity index (χ1v) is 3.55. The molecule has 1 aromatic heterocycles. The summed E-state index contributed by atoms with van der Waals surface area (Å²) in [5, 5.41) is 9.19. The van der Waals surface area contributed by atoms with Crippen LogP contribution in [0.15, 0.2) is 18.5 Å². The molecule has 0 saturated heterocycles. The van der Waals surface area contributed by atoms with Crippen molar-refractivity contribution in [1.82, 2.24) is 4.98 Å². The van der Waals surface area contributed by atoms with Crippen molar-refractivity contribution in [2.45, 2.75) is 13.0 Å². The third-order valence-corrected chi connectivity index (χ3v) is 1.48. The van der Waals surface area contributed by atoms with Gasteiger partial charge in [-0.05, 0) is 13.0 Å². The highest BCUT2D eigenvalue weighted by atomic mass is 16.3. The molecule has 0 amide bonds. The Bertz CT molecular complexity index is 297. The average molecular weight is 166 g/mol. The highest BCUT2D eigenvalue weighted by Gasteiger charge is 2.13. The van der Waals surface area contributed by atoms with E-state index >= 15 is 0 Å². The molecule has 0 radical (unpaired) electrons. The number of aromatic nitrogens is 1. The Morgan fingerprint density at radius 1 is 1.75 bits per heavy atom. The third-order valence-electron chi connectivity index (χ3n) is 1.48. The first-order chi connectivity index (χ1) is 5.63. The molecule has 3 N–H and O–H groups in total. The zero-order chi connectivity index (χ0) is 9.14. The van der Waals surface area contributed by atoms with Crippen molar-refractivity contribution >= 4 is 5.78 Å². The first-order valence-electron chi connectivity index (χ1n) is 3.55. The molecule has 0 aliphatic rings. The summed E-state index contributed by atoms with van der Waals surface area (Å²) in [6, 6.07) is 0.847. The maximum Gasteiger partial charge on any atom is 0.183 e. The summed E-state index contributed by atoms with van der Waals surface area (Å²) < 4.78 is 0. The summed E-state index contributed by atoms with van der Waals surface area (Å²) in [6.45, 7) is 1.57. The minimum atomic E-state index is -0.599. The number of Topliss-reactive ketones (excluding diaryl/α,β-unsaturated/α-hetero) is 1. The Labute approximate surface area is 70.0 Å². The van der Waals surface area contributed by atoms with E-state index in [0.29, 0.717) is 0 Å². The van der Waals surface area contributed by atoms with Gasteiger partial charge in [-0.2, -0.15) is 0 Å². The molecule has 1 rings (SSSR count). The number of aromatic hydroxyl groups is 1. The summed E-state index contributed by atoms with van der Waals surface area (Å²) in [4.78, 5) is 14.9. The van der Waals surface area contributed by atoms with Gasteiger partial charge in [0.25, 0.3) is 0 Å². The van der Waals surface area contributed by atoms with Crippen molar-refractivity contribution < 1.29 is 9.90 Å². The Morgan fingerprint density at radius 2 is 2.42 bits per heavy atom. The fourth-order valence-electron chi connectivity index (χ4n) is 0.840. The van der Waals surface area contributed by atoms with E-state index in [1.807, 2.05) is 0 Å². The van der Waals surface area contributed by atoms with Gasteiger partial charge in [0.1, 0.15) is 5.75 Å². The van der Waals surface area contributed by atoms with E-state index in [-0.39, 0.29) is 17.1 Å². The smallest absolute Gasteiger partial charge is 0.183 e. The molecule has 64 valence electrons. The summed E-state index contributed by atoms with van der Waals surface area (Å²) in [5.74, 6) is -0.408. The zero-order valence-electron chi connectivity index (χ0n) is 6.69. The van der Waals surface area contributed by atoms with Crippen LogP contribution in [-0.4, -0.2) is 21.9 Å².